The lowest BCUT2D eigenvalue weighted by Crippen LogP contribution is -2.22. The Hall–Kier alpha value is -0.760. The Bertz CT molecular complexity index is 665. The van der Waals surface area contributed by atoms with Crippen molar-refractivity contribution < 1.29 is 13.3 Å². The topological polar surface area (TPSA) is 73.2 Å². The van der Waals surface area contributed by atoms with E-state index in [2.05, 4.69) is 10.6 Å². The van der Waals surface area contributed by atoms with E-state index in [9.17, 15) is 8.42 Å². The second kappa shape index (κ2) is 5.22. The number of aromatic nitrogens is 2. The number of hydroxylamine groups is 1. The second-order valence-corrected chi connectivity index (χ2v) is 7.63. The van der Waals surface area contributed by atoms with Crippen LogP contribution in [0.15, 0.2) is 11.1 Å². The third kappa shape index (κ3) is 2.95. The van der Waals surface area contributed by atoms with Crippen LogP contribution >= 0.6 is 23.2 Å². The molecule has 20 heavy (non-hydrogen) atoms. The normalized spacial score (nSPS) is 17.9. The molecule has 0 saturated carbocycles. The minimum absolute atomic E-state index is 0.0129. The summed E-state index contributed by atoms with van der Waals surface area (Å²) in [5.41, 5.74) is 2.04. The molecule has 0 saturated heterocycles. The average Bonchev–Trinajstić information content (AvgIpc) is 2.83. The predicted molar refractivity (Wildman–Crippen MR) is 76.9 cm³/mol. The summed E-state index contributed by atoms with van der Waals surface area (Å²) < 4.78 is 26.1. The van der Waals surface area contributed by atoms with Gasteiger partial charge in [0.2, 0.25) is 0 Å². The molecule has 0 aliphatic carbocycles. The van der Waals surface area contributed by atoms with E-state index in [4.69, 9.17) is 28.0 Å². The molecule has 0 spiro atoms. The Morgan fingerprint density at radius 1 is 1.45 bits per heavy atom. The first-order chi connectivity index (χ1) is 9.16. The molecule has 0 atom stereocenters. The van der Waals surface area contributed by atoms with E-state index < -0.39 is 15.4 Å². The molecule has 0 aromatic carbocycles. The molecular formula is C11H15Cl2N3O3S. The van der Waals surface area contributed by atoms with E-state index in [0.29, 0.717) is 12.1 Å². The lowest BCUT2D eigenvalue weighted by atomic mass is 10.1. The molecule has 1 N–H and O–H groups in total. The fourth-order valence-electron chi connectivity index (χ4n) is 1.76. The molecule has 112 valence electrons. The summed E-state index contributed by atoms with van der Waals surface area (Å²) in [4.78, 5) is 5.16. The largest absolute Gasteiger partial charge is 0.265 e. The van der Waals surface area contributed by atoms with Crippen molar-refractivity contribution in [1.29, 1.82) is 0 Å². The maximum atomic E-state index is 12.3. The summed E-state index contributed by atoms with van der Waals surface area (Å²) in [6.07, 6.45) is 1.51. The van der Waals surface area contributed by atoms with Gasteiger partial charge >= 0.3 is 0 Å². The van der Waals surface area contributed by atoms with Crippen LogP contribution in [-0.2, 0) is 27.0 Å². The highest BCUT2D eigenvalue weighted by Gasteiger charge is 2.32. The van der Waals surface area contributed by atoms with Crippen LogP contribution in [-0.4, -0.2) is 23.8 Å². The smallest absolute Gasteiger partial charge is 0.199 e. The molecule has 0 radical (unpaired) electrons. The third-order valence-corrected chi connectivity index (χ3v) is 5.06. The van der Waals surface area contributed by atoms with Gasteiger partial charge in [-0.15, -0.1) is 0 Å². The molecule has 2 rings (SSSR count). The molecule has 9 heteroatoms. The van der Waals surface area contributed by atoms with Crippen molar-refractivity contribution in [3.05, 3.63) is 27.0 Å². The number of sulfone groups is 1. The molecule has 0 bridgehead atoms. The fourth-order valence-corrected chi connectivity index (χ4v) is 3.97. The van der Waals surface area contributed by atoms with Crippen LogP contribution in [0.25, 0.3) is 0 Å². The van der Waals surface area contributed by atoms with Crippen LogP contribution in [0.1, 0.15) is 26.3 Å². The summed E-state index contributed by atoms with van der Waals surface area (Å²) in [6.45, 7) is 5.84. The predicted octanol–water partition coefficient (Wildman–Crippen LogP) is 2.28. The van der Waals surface area contributed by atoms with Gasteiger partial charge < -0.3 is 0 Å². The summed E-state index contributed by atoms with van der Waals surface area (Å²) >= 11 is 12.0. The zero-order chi connectivity index (χ0) is 15.1. The van der Waals surface area contributed by atoms with Crippen molar-refractivity contribution in [2.45, 2.75) is 38.7 Å². The monoisotopic (exact) mass is 339 g/mol. The van der Waals surface area contributed by atoms with Crippen LogP contribution in [0.5, 0.6) is 0 Å². The summed E-state index contributed by atoms with van der Waals surface area (Å²) in [5, 5.41) is 4.33. The number of nitrogens with zero attached hydrogens (tertiary/aromatic N) is 2. The number of halogens is 2. The quantitative estimate of drug-likeness (QED) is 0.910. The highest BCUT2D eigenvalue weighted by Crippen LogP contribution is 2.30. The lowest BCUT2D eigenvalue weighted by Gasteiger charge is -2.11. The Kier molecular flexibility index (Phi) is 4.07. The van der Waals surface area contributed by atoms with E-state index in [1.165, 1.54) is 10.8 Å². The molecule has 1 aliphatic heterocycles. The number of rotatable bonds is 4. The summed E-state index contributed by atoms with van der Waals surface area (Å²) in [5.74, 6) is -0.330. The van der Waals surface area contributed by atoms with Gasteiger partial charge in [0.05, 0.1) is 5.75 Å². The number of nitrogens with one attached hydrogen (secondary N) is 1. The van der Waals surface area contributed by atoms with Crippen LogP contribution in [0, 0.1) is 0 Å². The minimum Gasteiger partial charge on any atom is -0.265 e. The Morgan fingerprint density at radius 2 is 2.10 bits per heavy atom. The molecular weight excluding hydrogens is 325 g/mol. The average molecular weight is 340 g/mol. The number of aryl methyl sites for hydroxylation is 1. The summed E-state index contributed by atoms with van der Waals surface area (Å²) in [7, 11) is -3.62. The first-order valence-electron chi connectivity index (χ1n) is 5.96. The first kappa shape index (κ1) is 15.6. The van der Waals surface area contributed by atoms with Gasteiger partial charge in [-0.25, -0.2) is 8.42 Å². The highest BCUT2D eigenvalue weighted by atomic mass is 35.5. The zero-order valence-electron chi connectivity index (χ0n) is 11.3. The molecule has 0 fully saturated rings. The van der Waals surface area contributed by atoms with Crippen molar-refractivity contribution in [2.24, 2.45) is 0 Å². The summed E-state index contributed by atoms with van der Waals surface area (Å²) in [6, 6.07) is 0. The van der Waals surface area contributed by atoms with Crippen molar-refractivity contribution in [3.8, 4) is 0 Å². The first-order valence-corrected chi connectivity index (χ1v) is 8.37. The maximum Gasteiger partial charge on any atom is 0.199 e. The van der Waals surface area contributed by atoms with Gasteiger partial charge in [0, 0.05) is 12.1 Å². The maximum absolute atomic E-state index is 12.3. The Balaban J connectivity index is 2.33. The van der Waals surface area contributed by atoms with Crippen LogP contribution < -0.4 is 5.48 Å². The molecule has 2 heterocycles. The number of hydrogen-bond acceptors (Lipinski definition) is 5. The Labute approximate surface area is 127 Å². The molecule has 1 aromatic heterocycles. The van der Waals surface area contributed by atoms with Crippen LogP contribution in [0.2, 0.25) is 10.3 Å². The highest BCUT2D eigenvalue weighted by molar-refractivity contribution is 7.94. The number of hydrogen-bond donors (Lipinski definition) is 1. The zero-order valence-corrected chi connectivity index (χ0v) is 13.6. The van der Waals surface area contributed by atoms with Gasteiger partial charge in [0.15, 0.2) is 20.0 Å². The molecule has 1 aliphatic rings. The van der Waals surface area contributed by atoms with Crippen LogP contribution in [0.4, 0.5) is 0 Å². The molecule has 6 nitrogen and oxygen atoms in total. The SMILES string of the molecule is CCn1nc(Cl)c(CS(=O)(=O)C2=CC(C)(C)ON2)c1Cl. The van der Waals surface area contributed by atoms with Gasteiger partial charge in [-0.05, 0) is 26.8 Å². The molecule has 0 amide bonds. The Morgan fingerprint density at radius 3 is 2.55 bits per heavy atom. The van der Waals surface area contributed by atoms with E-state index in [0.717, 1.165) is 0 Å². The van der Waals surface area contributed by atoms with Crippen molar-refractivity contribution in [1.82, 2.24) is 15.3 Å². The van der Waals surface area contributed by atoms with Crippen molar-refractivity contribution >= 4 is 33.0 Å². The van der Waals surface area contributed by atoms with E-state index in [-0.39, 0.29) is 21.1 Å². The van der Waals surface area contributed by atoms with E-state index >= 15 is 0 Å². The van der Waals surface area contributed by atoms with Gasteiger partial charge in [-0.2, -0.15) is 5.10 Å². The molecule has 1 aromatic rings. The van der Waals surface area contributed by atoms with Crippen molar-refractivity contribution in [3.63, 3.8) is 0 Å². The molecule has 0 unspecified atom stereocenters. The van der Waals surface area contributed by atoms with Crippen molar-refractivity contribution in [2.75, 3.05) is 0 Å². The van der Waals surface area contributed by atoms with Gasteiger partial charge in [-0.3, -0.25) is 15.0 Å². The van der Waals surface area contributed by atoms with Gasteiger partial charge in [-0.1, -0.05) is 23.2 Å². The van der Waals surface area contributed by atoms with Gasteiger partial charge in [0.1, 0.15) is 10.8 Å². The second-order valence-electron chi connectivity index (χ2n) is 4.95. The van der Waals surface area contributed by atoms with Crippen LogP contribution in [0.3, 0.4) is 0 Å². The van der Waals surface area contributed by atoms with Gasteiger partial charge in [0.25, 0.3) is 0 Å². The van der Waals surface area contributed by atoms with E-state index in [1.54, 1.807) is 13.8 Å². The van der Waals surface area contributed by atoms with E-state index in [1.807, 2.05) is 6.92 Å². The lowest BCUT2D eigenvalue weighted by molar-refractivity contribution is -0.0129. The standard InChI is InChI=1S/C11H15Cl2N3O3S/c1-4-16-10(13)7(9(12)14-16)6-20(17,18)8-5-11(2,3)19-15-8/h5,15H,4,6H2,1-3H3. The fraction of sp³-hybridized carbons (Fsp3) is 0.545. The third-order valence-electron chi connectivity index (χ3n) is 2.80. The minimum atomic E-state index is -3.62.